The molecule has 0 spiro atoms. The van der Waals surface area contributed by atoms with Crippen LogP contribution in [0.25, 0.3) is 0 Å². The van der Waals surface area contributed by atoms with Crippen LogP contribution < -0.4 is 11.1 Å². The van der Waals surface area contributed by atoms with Crippen molar-refractivity contribution in [3.8, 4) is 0 Å². The average Bonchev–Trinajstić information content (AvgIpc) is 3.29. The van der Waals surface area contributed by atoms with Gasteiger partial charge < -0.3 is 11.1 Å². The number of nitrogens with two attached hydrogens (primary N) is 1. The summed E-state index contributed by atoms with van der Waals surface area (Å²) in [5.74, 6) is -0.181. The Labute approximate surface area is 130 Å². The Bertz CT molecular complexity index is 554. The Morgan fingerprint density at radius 2 is 2.00 bits per heavy atom. The van der Waals surface area contributed by atoms with Crippen LogP contribution in [0.15, 0.2) is 30.3 Å². The number of carbonyl (C=O) groups excluding carboxylic acids is 2. The minimum atomic E-state index is -0.326. The molecule has 2 aliphatic rings. The van der Waals surface area contributed by atoms with Crippen LogP contribution in [0.4, 0.5) is 0 Å². The third kappa shape index (κ3) is 3.14. The Balaban J connectivity index is 1.61. The van der Waals surface area contributed by atoms with Crippen LogP contribution in [0.2, 0.25) is 0 Å². The van der Waals surface area contributed by atoms with Gasteiger partial charge in [-0.2, -0.15) is 0 Å². The Morgan fingerprint density at radius 3 is 2.64 bits per heavy atom. The van der Waals surface area contributed by atoms with Crippen LogP contribution in [0.5, 0.6) is 0 Å². The molecule has 1 aromatic rings. The van der Waals surface area contributed by atoms with Crippen LogP contribution in [-0.2, 0) is 15.0 Å². The van der Waals surface area contributed by atoms with Crippen LogP contribution in [0.1, 0.15) is 31.2 Å². The molecule has 5 heteroatoms. The second kappa shape index (κ2) is 6.08. The lowest BCUT2D eigenvalue weighted by atomic mass is 9.94. The number of rotatable bonds is 5. The lowest BCUT2D eigenvalue weighted by Crippen LogP contribution is -2.51. The van der Waals surface area contributed by atoms with Crippen molar-refractivity contribution in [1.82, 2.24) is 10.2 Å². The SMILES string of the molecule is NC(=O)CN1CCCC(NC(=O)C2(c3ccccc3)CC2)C1. The fourth-order valence-electron chi connectivity index (χ4n) is 3.39. The number of nitrogens with one attached hydrogen (secondary N) is 1. The summed E-state index contributed by atoms with van der Waals surface area (Å²) in [7, 11) is 0. The van der Waals surface area contributed by atoms with Crippen molar-refractivity contribution in [3.63, 3.8) is 0 Å². The number of hydrogen-bond donors (Lipinski definition) is 2. The predicted molar refractivity (Wildman–Crippen MR) is 84.2 cm³/mol. The zero-order chi connectivity index (χ0) is 15.6. The molecule has 0 aromatic heterocycles. The number of primary amides is 1. The van der Waals surface area contributed by atoms with Gasteiger partial charge in [-0.1, -0.05) is 30.3 Å². The van der Waals surface area contributed by atoms with E-state index in [1.54, 1.807) is 0 Å². The van der Waals surface area contributed by atoms with Gasteiger partial charge in [0.1, 0.15) is 0 Å². The minimum absolute atomic E-state index is 0.113. The number of hydrogen-bond acceptors (Lipinski definition) is 3. The molecule has 1 unspecified atom stereocenters. The smallest absolute Gasteiger partial charge is 0.231 e. The topological polar surface area (TPSA) is 75.4 Å². The fraction of sp³-hybridized carbons (Fsp3) is 0.529. The molecule has 5 nitrogen and oxygen atoms in total. The van der Waals surface area contributed by atoms with Crippen LogP contribution in [0, 0.1) is 0 Å². The molecule has 0 radical (unpaired) electrons. The van der Waals surface area contributed by atoms with E-state index >= 15 is 0 Å². The van der Waals surface area contributed by atoms with Gasteiger partial charge >= 0.3 is 0 Å². The molecule has 0 bridgehead atoms. The molecule has 1 aromatic carbocycles. The van der Waals surface area contributed by atoms with E-state index in [2.05, 4.69) is 5.32 Å². The van der Waals surface area contributed by atoms with Crippen LogP contribution in [0.3, 0.4) is 0 Å². The van der Waals surface area contributed by atoms with Gasteiger partial charge in [-0.05, 0) is 37.8 Å². The van der Waals surface area contributed by atoms with E-state index in [1.807, 2.05) is 35.2 Å². The largest absolute Gasteiger partial charge is 0.369 e. The maximum atomic E-state index is 12.7. The van der Waals surface area contributed by atoms with E-state index in [4.69, 9.17) is 5.73 Å². The van der Waals surface area contributed by atoms with Crippen molar-refractivity contribution < 1.29 is 9.59 Å². The number of piperidine rings is 1. The van der Waals surface area contributed by atoms with Gasteiger partial charge in [0.05, 0.1) is 12.0 Å². The van der Waals surface area contributed by atoms with Crippen molar-refractivity contribution >= 4 is 11.8 Å². The summed E-state index contributed by atoms with van der Waals surface area (Å²) >= 11 is 0. The molecule has 22 heavy (non-hydrogen) atoms. The quantitative estimate of drug-likeness (QED) is 0.844. The summed E-state index contributed by atoms with van der Waals surface area (Å²) in [6.45, 7) is 1.86. The number of likely N-dealkylation sites (tertiary alicyclic amines) is 1. The Hall–Kier alpha value is -1.88. The van der Waals surface area contributed by atoms with Crippen molar-refractivity contribution in [2.45, 2.75) is 37.1 Å². The number of amides is 2. The molecule has 1 heterocycles. The van der Waals surface area contributed by atoms with Gasteiger partial charge in [-0.25, -0.2) is 0 Å². The standard InChI is InChI=1S/C17H23N3O2/c18-15(21)12-20-10-4-7-14(11-20)19-16(22)17(8-9-17)13-5-2-1-3-6-13/h1-3,5-6,14H,4,7-12H2,(H2,18,21)(H,19,22). The van der Waals surface area contributed by atoms with Crippen molar-refractivity contribution in [1.29, 1.82) is 0 Å². The van der Waals surface area contributed by atoms with E-state index in [0.717, 1.165) is 37.8 Å². The normalized spacial score (nSPS) is 23.7. The first-order valence-corrected chi connectivity index (χ1v) is 7.97. The highest BCUT2D eigenvalue weighted by Crippen LogP contribution is 2.48. The summed E-state index contributed by atoms with van der Waals surface area (Å²) < 4.78 is 0. The highest BCUT2D eigenvalue weighted by atomic mass is 16.2. The van der Waals surface area contributed by atoms with Gasteiger partial charge in [0.25, 0.3) is 0 Å². The molecule has 1 aliphatic carbocycles. The maximum Gasteiger partial charge on any atom is 0.231 e. The number of nitrogens with zero attached hydrogens (tertiary/aromatic N) is 1. The first-order chi connectivity index (χ1) is 10.6. The van der Waals surface area contributed by atoms with Crippen molar-refractivity contribution in [2.24, 2.45) is 5.73 Å². The predicted octanol–water partition coefficient (Wildman–Crippen LogP) is 0.784. The third-order valence-electron chi connectivity index (χ3n) is 4.73. The summed E-state index contributed by atoms with van der Waals surface area (Å²) in [4.78, 5) is 25.8. The van der Waals surface area contributed by atoms with Gasteiger partial charge in [-0.15, -0.1) is 0 Å². The highest BCUT2D eigenvalue weighted by molar-refractivity contribution is 5.91. The van der Waals surface area contributed by atoms with Crippen molar-refractivity contribution in [2.75, 3.05) is 19.6 Å². The first kappa shape index (κ1) is 15.0. The van der Waals surface area contributed by atoms with E-state index < -0.39 is 0 Å². The first-order valence-electron chi connectivity index (χ1n) is 7.97. The molecule has 2 amide bonds. The van der Waals surface area contributed by atoms with Crippen LogP contribution >= 0.6 is 0 Å². The minimum Gasteiger partial charge on any atom is -0.369 e. The molecule has 1 atom stereocenters. The molecular weight excluding hydrogens is 278 g/mol. The third-order valence-corrected chi connectivity index (χ3v) is 4.73. The van der Waals surface area contributed by atoms with E-state index in [-0.39, 0.29) is 29.8 Å². The molecule has 2 fully saturated rings. The molecule has 118 valence electrons. The average molecular weight is 301 g/mol. The lowest BCUT2D eigenvalue weighted by Gasteiger charge is -2.33. The second-order valence-electron chi connectivity index (χ2n) is 6.46. The molecule has 1 saturated carbocycles. The Morgan fingerprint density at radius 1 is 1.27 bits per heavy atom. The van der Waals surface area contributed by atoms with E-state index in [1.165, 1.54) is 0 Å². The number of carbonyl (C=O) groups is 2. The maximum absolute atomic E-state index is 12.7. The van der Waals surface area contributed by atoms with Gasteiger partial charge in [0, 0.05) is 12.6 Å². The second-order valence-corrected chi connectivity index (χ2v) is 6.46. The van der Waals surface area contributed by atoms with Crippen LogP contribution in [-0.4, -0.2) is 42.4 Å². The molecule has 3 N–H and O–H groups in total. The summed E-state index contributed by atoms with van der Waals surface area (Å²) in [6.07, 6.45) is 3.78. The lowest BCUT2D eigenvalue weighted by molar-refractivity contribution is -0.124. The fourth-order valence-corrected chi connectivity index (χ4v) is 3.39. The molecule has 1 saturated heterocycles. The summed E-state index contributed by atoms with van der Waals surface area (Å²) in [6, 6.07) is 10.1. The Kier molecular flexibility index (Phi) is 4.16. The van der Waals surface area contributed by atoms with Gasteiger partial charge in [-0.3, -0.25) is 14.5 Å². The molecule has 1 aliphatic heterocycles. The molecular formula is C17H23N3O2. The van der Waals surface area contributed by atoms with E-state index in [9.17, 15) is 9.59 Å². The summed E-state index contributed by atoms with van der Waals surface area (Å²) in [5.41, 5.74) is 6.04. The monoisotopic (exact) mass is 301 g/mol. The zero-order valence-corrected chi connectivity index (χ0v) is 12.8. The van der Waals surface area contributed by atoms with Crippen molar-refractivity contribution in [3.05, 3.63) is 35.9 Å². The van der Waals surface area contributed by atoms with Gasteiger partial charge in [0.15, 0.2) is 0 Å². The highest BCUT2D eigenvalue weighted by Gasteiger charge is 2.51. The van der Waals surface area contributed by atoms with Gasteiger partial charge in [0.2, 0.25) is 11.8 Å². The van der Waals surface area contributed by atoms with E-state index in [0.29, 0.717) is 6.54 Å². The molecule has 3 rings (SSSR count). The number of benzene rings is 1. The zero-order valence-electron chi connectivity index (χ0n) is 12.8. The summed E-state index contributed by atoms with van der Waals surface area (Å²) in [5, 5.41) is 3.19.